The summed E-state index contributed by atoms with van der Waals surface area (Å²) in [6.07, 6.45) is 0. The molecule has 2 aromatic rings. The van der Waals surface area contributed by atoms with E-state index >= 15 is 0 Å². The van der Waals surface area contributed by atoms with Crippen LogP contribution >= 0.6 is 15.9 Å². The molecule has 0 spiro atoms. The molecule has 0 radical (unpaired) electrons. The number of nitrogens with zero attached hydrogens (tertiary/aromatic N) is 1. The second-order valence-corrected chi connectivity index (χ2v) is 6.88. The molecule has 0 saturated heterocycles. The number of hydrogen-bond donors (Lipinski definition) is 1. The molecule has 2 rings (SSSR count). The summed E-state index contributed by atoms with van der Waals surface area (Å²) >= 11 is 3.24. The van der Waals surface area contributed by atoms with Gasteiger partial charge in [0.25, 0.3) is 5.69 Å². The summed E-state index contributed by atoms with van der Waals surface area (Å²) in [7, 11) is -3.61. The highest BCUT2D eigenvalue weighted by Crippen LogP contribution is 2.16. The van der Waals surface area contributed by atoms with Crippen molar-refractivity contribution in [1.82, 2.24) is 4.72 Å². The second kappa shape index (κ2) is 6.33. The van der Waals surface area contributed by atoms with E-state index < -0.39 is 14.9 Å². The van der Waals surface area contributed by atoms with Crippen LogP contribution < -0.4 is 4.72 Å². The third-order valence-corrected chi connectivity index (χ3v) is 4.68. The van der Waals surface area contributed by atoms with E-state index in [2.05, 4.69) is 20.7 Å². The fourth-order valence-corrected chi connectivity index (χ4v) is 2.89. The molecule has 0 bridgehead atoms. The van der Waals surface area contributed by atoms with Crippen molar-refractivity contribution in [2.45, 2.75) is 11.4 Å². The van der Waals surface area contributed by atoms with Crippen LogP contribution in [0.3, 0.4) is 0 Å². The predicted octanol–water partition coefficient (Wildman–Crippen LogP) is 2.84. The molecule has 0 aromatic heterocycles. The number of hydrogen-bond acceptors (Lipinski definition) is 4. The minimum atomic E-state index is -3.61. The Morgan fingerprint density at radius 2 is 1.62 bits per heavy atom. The second-order valence-electron chi connectivity index (χ2n) is 4.20. The molecule has 8 heteroatoms. The SMILES string of the molecule is O=[N+]([O-])c1ccc(CNS(=O)(=O)c2ccc(Br)cc2)cc1. The standard InChI is InChI=1S/C13H11BrN2O4S/c14-11-3-7-13(8-4-11)21(19,20)15-9-10-1-5-12(6-2-10)16(17)18/h1-8,15H,9H2. The van der Waals surface area contributed by atoms with Crippen LogP contribution in [0.25, 0.3) is 0 Å². The first kappa shape index (κ1) is 15.6. The predicted molar refractivity (Wildman–Crippen MR) is 81.3 cm³/mol. The van der Waals surface area contributed by atoms with Crippen LogP contribution in [0.5, 0.6) is 0 Å². The van der Waals surface area contributed by atoms with Gasteiger partial charge in [-0.2, -0.15) is 0 Å². The van der Waals surface area contributed by atoms with Gasteiger partial charge in [-0.05, 0) is 29.8 Å². The van der Waals surface area contributed by atoms with Crippen molar-refractivity contribution in [2.24, 2.45) is 0 Å². The van der Waals surface area contributed by atoms with Gasteiger partial charge < -0.3 is 0 Å². The van der Waals surface area contributed by atoms with Gasteiger partial charge in [-0.15, -0.1) is 0 Å². The monoisotopic (exact) mass is 370 g/mol. The molecule has 0 aliphatic carbocycles. The number of nitro groups is 1. The fraction of sp³-hybridized carbons (Fsp3) is 0.0769. The summed E-state index contributed by atoms with van der Waals surface area (Å²) < 4.78 is 27.4. The van der Waals surface area contributed by atoms with Gasteiger partial charge in [0.1, 0.15) is 0 Å². The molecule has 0 atom stereocenters. The summed E-state index contributed by atoms with van der Waals surface area (Å²) in [4.78, 5) is 10.2. The highest BCUT2D eigenvalue weighted by Gasteiger charge is 2.13. The van der Waals surface area contributed by atoms with Crippen LogP contribution in [0.1, 0.15) is 5.56 Å². The van der Waals surface area contributed by atoms with E-state index in [1.165, 1.54) is 36.4 Å². The van der Waals surface area contributed by atoms with Gasteiger partial charge in [-0.3, -0.25) is 10.1 Å². The summed E-state index contributed by atoms with van der Waals surface area (Å²) in [5.41, 5.74) is 0.607. The Labute approximate surface area is 130 Å². The van der Waals surface area contributed by atoms with Crippen molar-refractivity contribution in [3.8, 4) is 0 Å². The Kier molecular flexibility index (Phi) is 4.71. The zero-order chi connectivity index (χ0) is 15.5. The van der Waals surface area contributed by atoms with Crippen LogP contribution in [-0.4, -0.2) is 13.3 Å². The van der Waals surface area contributed by atoms with Gasteiger partial charge in [0.15, 0.2) is 0 Å². The van der Waals surface area contributed by atoms with Gasteiger partial charge >= 0.3 is 0 Å². The number of halogens is 1. The van der Waals surface area contributed by atoms with Crippen LogP contribution in [-0.2, 0) is 16.6 Å². The summed E-state index contributed by atoms with van der Waals surface area (Å²) in [6.45, 7) is 0.0659. The lowest BCUT2D eigenvalue weighted by molar-refractivity contribution is -0.384. The number of non-ortho nitro benzene ring substituents is 1. The Morgan fingerprint density at radius 3 is 2.14 bits per heavy atom. The minimum absolute atomic E-state index is 0.0329. The molecule has 110 valence electrons. The van der Waals surface area contributed by atoms with Crippen molar-refractivity contribution in [2.75, 3.05) is 0 Å². The largest absolute Gasteiger partial charge is 0.269 e. The van der Waals surface area contributed by atoms with Crippen LogP contribution in [0, 0.1) is 10.1 Å². The lowest BCUT2D eigenvalue weighted by Gasteiger charge is -2.07. The average Bonchev–Trinajstić information content (AvgIpc) is 2.46. The molecular formula is C13H11BrN2O4S. The molecule has 0 unspecified atom stereocenters. The summed E-state index contributed by atoms with van der Waals surface area (Å²) in [5, 5.41) is 10.5. The highest BCUT2D eigenvalue weighted by molar-refractivity contribution is 9.10. The number of nitro benzene ring substituents is 1. The van der Waals surface area contributed by atoms with Crippen molar-refractivity contribution >= 4 is 31.6 Å². The lowest BCUT2D eigenvalue weighted by Crippen LogP contribution is -2.23. The van der Waals surface area contributed by atoms with Crippen LogP contribution in [0.2, 0.25) is 0 Å². The number of sulfonamides is 1. The third-order valence-electron chi connectivity index (χ3n) is 2.74. The molecule has 6 nitrogen and oxygen atoms in total. The molecule has 0 aliphatic heterocycles. The molecule has 2 aromatic carbocycles. The Bertz CT molecular complexity index is 743. The molecule has 0 saturated carbocycles. The zero-order valence-corrected chi connectivity index (χ0v) is 13.1. The maximum absolute atomic E-state index is 12.1. The number of benzene rings is 2. The molecule has 0 aliphatic rings. The van der Waals surface area contributed by atoms with E-state index in [0.717, 1.165) is 4.47 Å². The lowest BCUT2D eigenvalue weighted by atomic mass is 10.2. The van der Waals surface area contributed by atoms with E-state index in [1.807, 2.05) is 0 Å². The summed E-state index contributed by atoms with van der Waals surface area (Å²) in [5.74, 6) is 0. The topological polar surface area (TPSA) is 89.3 Å². The van der Waals surface area contributed by atoms with Crippen molar-refractivity contribution in [3.05, 3.63) is 68.7 Å². The molecule has 0 heterocycles. The Balaban J connectivity index is 2.08. The third kappa shape index (κ3) is 4.10. The van der Waals surface area contributed by atoms with E-state index in [9.17, 15) is 18.5 Å². The molecule has 21 heavy (non-hydrogen) atoms. The highest BCUT2D eigenvalue weighted by atomic mass is 79.9. The first-order chi connectivity index (χ1) is 9.88. The molecule has 0 amide bonds. The number of nitrogens with one attached hydrogen (secondary N) is 1. The molecule has 1 N–H and O–H groups in total. The van der Waals surface area contributed by atoms with Gasteiger partial charge in [-0.25, -0.2) is 13.1 Å². The van der Waals surface area contributed by atoms with Gasteiger partial charge in [0.2, 0.25) is 10.0 Å². The Hall–Kier alpha value is -1.77. The maximum Gasteiger partial charge on any atom is 0.269 e. The van der Waals surface area contributed by atoms with Gasteiger partial charge in [0, 0.05) is 23.2 Å². The summed E-state index contributed by atoms with van der Waals surface area (Å²) in [6, 6.07) is 12.0. The van der Waals surface area contributed by atoms with E-state index in [4.69, 9.17) is 0 Å². The smallest absolute Gasteiger partial charge is 0.258 e. The van der Waals surface area contributed by atoms with Gasteiger partial charge in [0.05, 0.1) is 9.82 Å². The van der Waals surface area contributed by atoms with E-state index in [1.54, 1.807) is 12.1 Å². The normalized spacial score (nSPS) is 11.3. The van der Waals surface area contributed by atoms with Crippen molar-refractivity contribution in [3.63, 3.8) is 0 Å². The maximum atomic E-state index is 12.1. The number of rotatable bonds is 5. The van der Waals surface area contributed by atoms with E-state index in [-0.39, 0.29) is 17.1 Å². The minimum Gasteiger partial charge on any atom is -0.258 e. The first-order valence-electron chi connectivity index (χ1n) is 5.87. The van der Waals surface area contributed by atoms with Crippen molar-refractivity contribution in [1.29, 1.82) is 0 Å². The van der Waals surface area contributed by atoms with Gasteiger partial charge in [-0.1, -0.05) is 28.1 Å². The van der Waals surface area contributed by atoms with Crippen LogP contribution in [0.4, 0.5) is 5.69 Å². The fourth-order valence-electron chi connectivity index (χ4n) is 1.61. The van der Waals surface area contributed by atoms with Crippen LogP contribution in [0.15, 0.2) is 57.9 Å². The zero-order valence-electron chi connectivity index (χ0n) is 10.7. The first-order valence-corrected chi connectivity index (χ1v) is 8.15. The average molecular weight is 371 g/mol. The Morgan fingerprint density at radius 1 is 1.05 bits per heavy atom. The quantitative estimate of drug-likeness (QED) is 0.647. The van der Waals surface area contributed by atoms with Crippen molar-refractivity contribution < 1.29 is 13.3 Å². The van der Waals surface area contributed by atoms with E-state index in [0.29, 0.717) is 5.56 Å². The molecule has 0 fully saturated rings. The molecular weight excluding hydrogens is 360 g/mol.